The van der Waals surface area contributed by atoms with Gasteiger partial charge >= 0.3 is 6.18 Å². The van der Waals surface area contributed by atoms with E-state index in [9.17, 15) is 13.2 Å². The zero-order chi connectivity index (χ0) is 17.5. The molecule has 0 radical (unpaired) electrons. The molecule has 0 unspecified atom stereocenters. The van der Waals surface area contributed by atoms with E-state index in [1.165, 1.54) is 6.07 Å². The number of nitrogens with one attached hydrogen (secondary N) is 1. The van der Waals surface area contributed by atoms with Crippen LogP contribution in [0.1, 0.15) is 55.7 Å². The third-order valence-electron chi connectivity index (χ3n) is 5.88. The van der Waals surface area contributed by atoms with Crippen LogP contribution in [0.4, 0.5) is 18.9 Å². The summed E-state index contributed by atoms with van der Waals surface area (Å²) in [7, 11) is 1.82. The summed E-state index contributed by atoms with van der Waals surface area (Å²) in [4.78, 5) is 1.88. The molecule has 1 saturated heterocycles. The van der Waals surface area contributed by atoms with E-state index in [-0.39, 0.29) is 12.0 Å². The molecule has 2 atom stereocenters. The molecule has 2 aliphatic heterocycles. The number of hydrogen-bond donors (Lipinski definition) is 1. The maximum atomic E-state index is 13.7. The van der Waals surface area contributed by atoms with Crippen molar-refractivity contribution in [2.45, 2.75) is 57.7 Å². The second kappa shape index (κ2) is 6.58. The van der Waals surface area contributed by atoms with Crippen molar-refractivity contribution >= 4 is 5.69 Å². The Morgan fingerprint density at radius 1 is 1.25 bits per heavy atom. The Morgan fingerprint density at radius 2 is 1.96 bits per heavy atom. The molecule has 0 aromatic heterocycles. The van der Waals surface area contributed by atoms with Crippen LogP contribution >= 0.6 is 0 Å². The average molecular weight is 340 g/mol. The van der Waals surface area contributed by atoms with E-state index in [1.807, 2.05) is 11.9 Å². The van der Waals surface area contributed by atoms with Gasteiger partial charge in [0, 0.05) is 25.6 Å². The van der Waals surface area contributed by atoms with Crippen molar-refractivity contribution in [3.8, 4) is 0 Å². The van der Waals surface area contributed by atoms with Crippen molar-refractivity contribution in [1.29, 1.82) is 0 Å². The van der Waals surface area contributed by atoms with Crippen LogP contribution in [0.3, 0.4) is 0 Å². The molecule has 2 nitrogen and oxygen atoms in total. The fraction of sp³-hybridized carbons (Fsp3) is 0.684. The standard InChI is InChI=1S/C19H27F3N2/c1-4-12(5-2)8-13-9-14-15-11-23-7-6-17(15)24(3)18(14)16(10-13)19(20,21)22/h9-10,12,15,17,23H,4-8,11H2,1-3H3/t15-,17-/m1/s1. The van der Waals surface area contributed by atoms with Crippen molar-refractivity contribution in [3.63, 3.8) is 0 Å². The topological polar surface area (TPSA) is 15.3 Å². The third kappa shape index (κ3) is 3.03. The lowest BCUT2D eigenvalue weighted by Gasteiger charge is -2.31. The molecule has 2 heterocycles. The molecule has 1 fully saturated rings. The summed E-state index contributed by atoms with van der Waals surface area (Å²) >= 11 is 0. The number of likely N-dealkylation sites (N-methyl/N-ethyl adjacent to an activating group) is 1. The summed E-state index contributed by atoms with van der Waals surface area (Å²) < 4.78 is 41.2. The van der Waals surface area contributed by atoms with Crippen LogP contribution < -0.4 is 10.2 Å². The van der Waals surface area contributed by atoms with Gasteiger partial charge in [0.05, 0.1) is 11.3 Å². The highest BCUT2D eigenvalue weighted by Crippen LogP contribution is 2.49. The first-order valence-electron chi connectivity index (χ1n) is 9.04. The molecule has 0 spiro atoms. The highest BCUT2D eigenvalue weighted by molar-refractivity contribution is 5.68. The number of benzene rings is 1. The van der Waals surface area contributed by atoms with E-state index in [0.717, 1.165) is 49.9 Å². The fourth-order valence-electron chi connectivity index (χ4n) is 4.43. The van der Waals surface area contributed by atoms with Gasteiger partial charge < -0.3 is 10.2 Å². The van der Waals surface area contributed by atoms with Crippen LogP contribution in [0.25, 0.3) is 0 Å². The Kier molecular flexibility index (Phi) is 4.82. The highest BCUT2D eigenvalue weighted by Gasteiger charge is 2.44. The van der Waals surface area contributed by atoms with Crippen LogP contribution in [0.2, 0.25) is 0 Å². The molecule has 2 aliphatic rings. The quantitative estimate of drug-likeness (QED) is 0.863. The Hall–Kier alpha value is -1.23. The maximum absolute atomic E-state index is 13.7. The summed E-state index contributed by atoms with van der Waals surface area (Å²) in [6, 6.07) is 3.64. The molecule has 5 heteroatoms. The van der Waals surface area contributed by atoms with Crippen molar-refractivity contribution < 1.29 is 13.2 Å². The van der Waals surface area contributed by atoms with Crippen molar-refractivity contribution in [3.05, 3.63) is 28.8 Å². The highest BCUT2D eigenvalue weighted by atomic mass is 19.4. The van der Waals surface area contributed by atoms with Gasteiger partial charge in [0.2, 0.25) is 0 Å². The van der Waals surface area contributed by atoms with E-state index in [2.05, 4.69) is 25.2 Å². The van der Waals surface area contributed by atoms with Crippen LogP contribution in [-0.4, -0.2) is 26.2 Å². The first kappa shape index (κ1) is 17.6. The minimum atomic E-state index is -4.30. The minimum absolute atomic E-state index is 0.168. The number of nitrogens with zero attached hydrogens (tertiary/aromatic N) is 1. The number of halogens is 3. The molecule has 1 N–H and O–H groups in total. The van der Waals surface area contributed by atoms with E-state index in [4.69, 9.17) is 0 Å². The van der Waals surface area contributed by atoms with Crippen LogP contribution in [-0.2, 0) is 12.6 Å². The summed E-state index contributed by atoms with van der Waals surface area (Å²) in [5.41, 5.74) is 1.70. The molecule has 0 amide bonds. The Balaban J connectivity index is 2.07. The monoisotopic (exact) mass is 340 g/mol. The van der Waals surface area contributed by atoms with Gasteiger partial charge in [-0.15, -0.1) is 0 Å². The minimum Gasteiger partial charge on any atom is -0.370 e. The molecule has 0 aliphatic carbocycles. The third-order valence-corrected chi connectivity index (χ3v) is 5.88. The number of piperidine rings is 1. The van der Waals surface area contributed by atoms with Gasteiger partial charge in [-0.05, 0) is 42.5 Å². The first-order chi connectivity index (χ1) is 11.4. The van der Waals surface area contributed by atoms with Crippen molar-refractivity contribution in [2.75, 3.05) is 25.0 Å². The SMILES string of the molecule is CCC(CC)Cc1cc2c(c(C(F)(F)F)c1)N(C)[C@@H]1CCNC[C@H]21. The molecule has 3 rings (SSSR count). The van der Waals surface area contributed by atoms with Gasteiger partial charge in [0.25, 0.3) is 0 Å². The van der Waals surface area contributed by atoms with Gasteiger partial charge in [0.15, 0.2) is 0 Å². The number of rotatable bonds is 4. The van der Waals surface area contributed by atoms with E-state index in [1.54, 1.807) is 0 Å². The summed E-state index contributed by atoms with van der Waals surface area (Å²) in [6.45, 7) is 5.87. The van der Waals surface area contributed by atoms with Crippen molar-refractivity contribution in [1.82, 2.24) is 5.32 Å². The molecule has 24 heavy (non-hydrogen) atoms. The predicted molar refractivity (Wildman–Crippen MR) is 91.6 cm³/mol. The maximum Gasteiger partial charge on any atom is 0.418 e. The lowest BCUT2D eigenvalue weighted by molar-refractivity contribution is -0.137. The Morgan fingerprint density at radius 3 is 2.58 bits per heavy atom. The lowest BCUT2D eigenvalue weighted by Crippen LogP contribution is -2.42. The lowest BCUT2D eigenvalue weighted by atomic mass is 9.86. The summed E-state index contributed by atoms with van der Waals surface area (Å²) in [5.74, 6) is 0.616. The second-order valence-electron chi connectivity index (χ2n) is 7.24. The molecule has 1 aromatic rings. The normalized spacial score (nSPS) is 23.5. The zero-order valence-electron chi connectivity index (χ0n) is 14.7. The first-order valence-corrected chi connectivity index (χ1v) is 9.04. The predicted octanol–water partition coefficient (Wildman–Crippen LogP) is 4.58. The Labute approximate surface area is 142 Å². The number of hydrogen-bond acceptors (Lipinski definition) is 2. The van der Waals surface area contributed by atoms with E-state index >= 15 is 0 Å². The smallest absolute Gasteiger partial charge is 0.370 e. The van der Waals surface area contributed by atoms with Gasteiger partial charge in [-0.1, -0.05) is 32.8 Å². The van der Waals surface area contributed by atoms with E-state index in [0.29, 0.717) is 11.6 Å². The van der Waals surface area contributed by atoms with Gasteiger partial charge in [0.1, 0.15) is 0 Å². The fourth-order valence-corrected chi connectivity index (χ4v) is 4.43. The average Bonchev–Trinajstić information content (AvgIpc) is 2.84. The molecule has 134 valence electrons. The van der Waals surface area contributed by atoms with Gasteiger partial charge in [-0.2, -0.15) is 13.2 Å². The second-order valence-corrected chi connectivity index (χ2v) is 7.24. The summed E-state index contributed by atoms with van der Waals surface area (Å²) in [5, 5.41) is 3.35. The molecule has 0 bridgehead atoms. The zero-order valence-corrected chi connectivity index (χ0v) is 14.7. The molecule has 1 aromatic carbocycles. The largest absolute Gasteiger partial charge is 0.418 e. The Bertz CT molecular complexity index is 593. The number of fused-ring (bicyclic) bond motifs is 3. The number of alkyl halides is 3. The summed E-state index contributed by atoms with van der Waals surface area (Å²) in [6.07, 6.45) is -0.666. The van der Waals surface area contributed by atoms with E-state index < -0.39 is 11.7 Å². The molecule has 0 saturated carbocycles. The number of anilines is 1. The van der Waals surface area contributed by atoms with Crippen LogP contribution in [0.5, 0.6) is 0 Å². The molecular weight excluding hydrogens is 313 g/mol. The van der Waals surface area contributed by atoms with Crippen LogP contribution in [0.15, 0.2) is 12.1 Å². The molecular formula is C19H27F3N2. The van der Waals surface area contributed by atoms with Gasteiger partial charge in [-0.25, -0.2) is 0 Å². The van der Waals surface area contributed by atoms with Gasteiger partial charge in [-0.3, -0.25) is 0 Å². The van der Waals surface area contributed by atoms with Crippen LogP contribution in [0, 0.1) is 5.92 Å². The van der Waals surface area contributed by atoms with Crippen molar-refractivity contribution in [2.24, 2.45) is 5.92 Å².